The zero-order valence-electron chi connectivity index (χ0n) is 12.8. The molecule has 0 fully saturated rings. The van der Waals surface area contributed by atoms with Crippen molar-refractivity contribution in [2.45, 2.75) is 31.8 Å². The average Bonchev–Trinajstić information content (AvgIpc) is 3.09. The summed E-state index contributed by atoms with van der Waals surface area (Å²) in [7, 11) is 0. The zero-order chi connectivity index (χ0) is 15.5. The Kier molecular flexibility index (Phi) is 3.76. The zero-order valence-corrected chi connectivity index (χ0v) is 12.8. The number of fused-ring (bicyclic) bond motifs is 1. The van der Waals surface area contributed by atoms with Gasteiger partial charge in [-0.05, 0) is 53.5 Å². The van der Waals surface area contributed by atoms with Gasteiger partial charge in [0.15, 0.2) is 5.82 Å². The van der Waals surface area contributed by atoms with Gasteiger partial charge in [0.05, 0.1) is 11.8 Å². The molecule has 5 heteroatoms. The summed E-state index contributed by atoms with van der Waals surface area (Å²) in [4.78, 5) is 0. The van der Waals surface area contributed by atoms with E-state index in [2.05, 4.69) is 33.7 Å². The van der Waals surface area contributed by atoms with Crippen molar-refractivity contribution in [1.82, 2.24) is 20.2 Å². The number of para-hydroxylation sites is 2. The second-order valence-electron chi connectivity index (χ2n) is 5.77. The van der Waals surface area contributed by atoms with Gasteiger partial charge >= 0.3 is 0 Å². The molecular formula is C18H18N4O. The van der Waals surface area contributed by atoms with Gasteiger partial charge in [-0.15, -0.1) is 5.10 Å². The molecule has 1 aliphatic rings. The molecular weight excluding hydrogens is 288 g/mol. The Morgan fingerprint density at radius 2 is 1.87 bits per heavy atom. The van der Waals surface area contributed by atoms with Crippen molar-refractivity contribution in [1.29, 1.82) is 0 Å². The molecule has 1 aromatic heterocycles. The minimum Gasteiger partial charge on any atom is -0.490 e. The molecule has 0 saturated heterocycles. The number of aromatic nitrogens is 4. The predicted octanol–water partition coefficient (Wildman–Crippen LogP) is 2.99. The second kappa shape index (κ2) is 6.20. The summed E-state index contributed by atoms with van der Waals surface area (Å²) in [5.74, 6) is 1.89. The van der Waals surface area contributed by atoms with E-state index in [0.29, 0.717) is 0 Å². The summed E-state index contributed by atoms with van der Waals surface area (Å²) in [6.07, 6.45) is 4.07. The van der Waals surface area contributed by atoms with Crippen LogP contribution in [0.5, 0.6) is 5.75 Å². The first-order chi connectivity index (χ1) is 11.4. The monoisotopic (exact) mass is 306 g/mol. The Bertz CT molecular complexity index is 784. The lowest BCUT2D eigenvalue weighted by molar-refractivity contribution is 0.163. The molecule has 116 valence electrons. The third-order valence-electron chi connectivity index (χ3n) is 4.23. The van der Waals surface area contributed by atoms with Crippen LogP contribution < -0.4 is 4.74 Å². The van der Waals surface area contributed by atoms with Crippen molar-refractivity contribution in [3.8, 4) is 11.4 Å². The number of aryl methyl sites for hydroxylation is 2. The van der Waals surface area contributed by atoms with E-state index in [1.54, 1.807) is 4.68 Å². The van der Waals surface area contributed by atoms with Gasteiger partial charge in [-0.2, -0.15) is 4.68 Å². The highest BCUT2D eigenvalue weighted by atomic mass is 16.5. The van der Waals surface area contributed by atoms with Gasteiger partial charge in [0.2, 0.25) is 0 Å². The first-order valence-electron chi connectivity index (χ1n) is 7.97. The Balaban J connectivity index is 1.44. The molecule has 1 aliphatic heterocycles. The lowest BCUT2D eigenvalue weighted by Crippen LogP contribution is -2.23. The van der Waals surface area contributed by atoms with E-state index in [0.717, 1.165) is 42.9 Å². The Hall–Kier alpha value is -2.69. The van der Waals surface area contributed by atoms with Crippen molar-refractivity contribution in [2.75, 3.05) is 0 Å². The highest BCUT2D eigenvalue weighted by molar-refractivity contribution is 5.35. The van der Waals surface area contributed by atoms with Crippen LogP contribution in [0.4, 0.5) is 0 Å². The number of nitrogens with zero attached hydrogens (tertiary/aromatic N) is 4. The van der Waals surface area contributed by atoms with Crippen LogP contribution in [0.25, 0.3) is 5.69 Å². The minimum absolute atomic E-state index is 0.228. The van der Waals surface area contributed by atoms with E-state index in [9.17, 15) is 0 Å². The van der Waals surface area contributed by atoms with Gasteiger partial charge < -0.3 is 4.74 Å². The third-order valence-corrected chi connectivity index (χ3v) is 4.23. The van der Waals surface area contributed by atoms with Crippen molar-refractivity contribution in [3.05, 3.63) is 66.0 Å². The van der Waals surface area contributed by atoms with E-state index in [4.69, 9.17) is 4.74 Å². The molecule has 0 amide bonds. The number of hydrogen-bond donors (Lipinski definition) is 0. The summed E-state index contributed by atoms with van der Waals surface area (Å²) < 4.78 is 7.90. The van der Waals surface area contributed by atoms with Crippen LogP contribution in [0.3, 0.4) is 0 Å². The predicted molar refractivity (Wildman–Crippen MR) is 86.7 cm³/mol. The fourth-order valence-electron chi connectivity index (χ4n) is 3.01. The molecule has 1 unspecified atom stereocenters. The molecule has 2 heterocycles. The molecule has 0 radical (unpaired) electrons. The quantitative estimate of drug-likeness (QED) is 0.743. The standard InChI is InChI=1S/C18H18N4O/c1-2-7-15(8-3-1)22-18(19-20-21-22)13-12-16-11-10-14-6-4-5-9-17(14)23-16/h1-9,16H,10-13H2. The number of rotatable bonds is 4. The van der Waals surface area contributed by atoms with Crippen LogP contribution in [0.15, 0.2) is 54.6 Å². The Morgan fingerprint density at radius 1 is 1.04 bits per heavy atom. The van der Waals surface area contributed by atoms with E-state index in [-0.39, 0.29) is 6.10 Å². The van der Waals surface area contributed by atoms with Crippen molar-refractivity contribution < 1.29 is 4.74 Å². The van der Waals surface area contributed by atoms with Crippen molar-refractivity contribution in [2.24, 2.45) is 0 Å². The van der Waals surface area contributed by atoms with Crippen LogP contribution in [-0.4, -0.2) is 26.3 Å². The molecule has 5 nitrogen and oxygen atoms in total. The molecule has 1 atom stereocenters. The highest BCUT2D eigenvalue weighted by Gasteiger charge is 2.20. The lowest BCUT2D eigenvalue weighted by atomic mass is 9.99. The lowest BCUT2D eigenvalue weighted by Gasteiger charge is -2.25. The Labute approximate surface area is 134 Å². The first-order valence-corrected chi connectivity index (χ1v) is 7.97. The SMILES string of the molecule is c1ccc(-n2nnnc2CCC2CCc3ccccc3O2)cc1. The van der Waals surface area contributed by atoms with E-state index in [1.165, 1.54) is 5.56 Å². The minimum atomic E-state index is 0.228. The molecule has 0 bridgehead atoms. The van der Waals surface area contributed by atoms with Gasteiger partial charge in [-0.3, -0.25) is 0 Å². The fraction of sp³-hybridized carbons (Fsp3) is 0.278. The van der Waals surface area contributed by atoms with Crippen LogP contribution in [0, 0.1) is 0 Å². The van der Waals surface area contributed by atoms with Crippen molar-refractivity contribution in [3.63, 3.8) is 0 Å². The number of ether oxygens (including phenoxy) is 1. The smallest absolute Gasteiger partial charge is 0.156 e. The van der Waals surface area contributed by atoms with Gasteiger partial charge in [0.1, 0.15) is 5.75 Å². The van der Waals surface area contributed by atoms with Crippen LogP contribution in [-0.2, 0) is 12.8 Å². The molecule has 4 rings (SSSR count). The summed E-state index contributed by atoms with van der Waals surface area (Å²) in [6, 6.07) is 18.3. The number of benzene rings is 2. The normalized spacial score (nSPS) is 16.6. The second-order valence-corrected chi connectivity index (χ2v) is 5.77. The molecule has 2 aromatic carbocycles. The maximum Gasteiger partial charge on any atom is 0.156 e. The molecule has 0 saturated carbocycles. The summed E-state index contributed by atoms with van der Waals surface area (Å²) in [6.45, 7) is 0. The van der Waals surface area contributed by atoms with Crippen LogP contribution >= 0.6 is 0 Å². The third kappa shape index (κ3) is 2.95. The summed E-state index contributed by atoms with van der Waals surface area (Å²) in [5.41, 5.74) is 2.29. The maximum absolute atomic E-state index is 6.10. The topological polar surface area (TPSA) is 52.8 Å². The van der Waals surface area contributed by atoms with Gasteiger partial charge in [0, 0.05) is 6.42 Å². The first kappa shape index (κ1) is 13.9. The van der Waals surface area contributed by atoms with Crippen molar-refractivity contribution >= 4 is 0 Å². The van der Waals surface area contributed by atoms with Gasteiger partial charge in [-0.25, -0.2) is 0 Å². The molecule has 0 spiro atoms. The number of hydrogen-bond acceptors (Lipinski definition) is 4. The maximum atomic E-state index is 6.10. The molecule has 3 aromatic rings. The Morgan fingerprint density at radius 3 is 2.78 bits per heavy atom. The number of tetrazole rings is 1. The molecule has 23 heavy (non-hydrogen) atoms. The molecule has 0 aliphatic carbocycles. The summed E-state index contributed by atoms with van der Waals surface area (Å²) in [5, 5.41) is 12.1. The fourth-order valence-corrected chi connectivity index (χ4v) is 3.01. The highest BCUT2D eigenvalue weighted by Crippen LogP contribution is 2.28. The van der Waals surface area contributed by atoms with E-state index in [1.807, 2.05) is 36.4 Å². The van der Waals surface area contributed by atoms with E-state index < -0.39 is 0 Å². The van der Waals surface area contributed by atoms with E-state index >= 15 is 0 Å². The molecule has 0 N–H and O–H groups in total. The summed E-state index contributed by atoms with van der Waals surface area (Å²) >= 11 is 0. The largest absolute Gasteiger partial charge is 0.490 e. The average molecular weight is 306 g/mol. The van der Waals surface area contributed by atoms with Crippen LogP contribution in [0.1, 0.15) is 24.2 Å². The van der Waals surface area contributed by atoms with Gasteiger partial charge in [-0.1, -0.05) is 36.4 Å². The van der Waals surface area contributed by atoms with Gasteiger partial charge in [0.25, 0.3) is 0 Å². The van der Waals surface area contributed by atoms with Crippen LogP contribution in [0.2, 0.25) is 0 Å².